The number of amides is 1. The second kappa shape index (κ2) is 6.99. The molecule has 0 radical (unpaired) electrons. The van der Waals surface area contributed by atoms with E-state index in [2.05, 4.69) is 5.10 Å². The van der Waals surface area contributed by atoms with E-state index in [1.54, 1.807) is 22.8 Å². The van der Waals surface area contributed by atoms with Crippen molar-refractivity contribution in [1.29, 1.82) is 0 Å². The maximum atomic E-state index is 12.9. The Kier molecular flexibility index (Phi) is 5.02. The molecule has 6 nitrogen and oxygen atoms in total. The number of nitrogens with zero attached hydrogens (tertiary/aromatic N) is 3. The number of sulfone groups is 1. The number of carbonyl (C=O) groups excluding carboxylic acids is 1. The van der Waals surface area contributed by atoms with Gasteiger partial charge in [0.05, 0.1) is 16.6 Å². The Morgan fingerprint density at radius 3 is 2.37 bits per heavy atom. The first kappa shape index (κ1) is 19.4. The van der Waals surface area contributed by atoms with Gasteiger partial charge in [-0.25, -0.2) is 8.42 Å². The van der Waals surface area contributed by atoms with Crippen LogP contribution in [0.25, 0.3) is 0 Å². The lowest BCUT2D eigenvalue weighted by molar-refractivity contribution is -0.0436. The highest BCUT2D eigenvalue weighted by Crippen LogP contribution is 2.33. The molecule has 1 aliphatic rings. The number of halogens is 3. The lowest BCUT2D eigenvalue weighted by Gasteiger charge is -2.35. The lowest BCUT2D eigenvalue weighted by Crippen LogP contribution is -2.39. The van der Waals surface area contributed by atoms with Gasteiger partial charge in [-0.05, 0) is 49.6 Å². The Balaban J connectivity index is 1.88. The number of aryl methyl sites for hydroxylation is 1. The fraction of sp³-hybridized carbons (Fsp3) is 0.412. The van der Waals surface area contributed by atoms with E-state index >= 15 is 0 Å². The van der Waals surface area contributed by atoms with Crippen LogP contribution in [0.4, 0.5) is 13.2 Å². The van der Waals surface area contributed by atoms with Gasteiger partial charge in [0.2, 0.25) is 0 Å². The first-order valence-corrected chi connectivity index (χ1v) is 9.81. The van der Waals surface area contributed by atoms with Crippen LogP contribution in [0.3, 0.4) is 0 Å². The van der Waals surface area contributed by atoms with Gasteiger partial charge in [-0.1, -0.05) is 0 Å². The van der Waals surface area contributed by atoms with Crippen molar-refractivity contribution < 1.29 is 26.4 Å². The number of benzene rings is 1. The molecule has 1 aromatic carbocycles. The van der Waals surface area contributed by atoms with Gasteiger partial charge in [-0.15, -0.1) is 0 Å². The van der Waals surface area contributed by atoms with Gasteiger partial charge in [0.15, 0.2) is 0 Å². The minimum atomic E-state index is -5.43. The van der Waals surface area contributed by atoms with E-state index in [-0.39, 0.29) is 17.5 Å². The second-order valence-electron chi connectivity index (χ2n) is 6.36. The monoisotopic (exact) mass is 401 g/mol. The maximum Gasteiger partial charge on any atom is 0.501 e. The molecule has 0 spiro atoms. The summed E-state index contributed by atoms with van der Waals surface area (Å²) in [6.45, 7) is 0.511. The molecule has 3 rings (SSSR count). The molecule has 0 aliphatic carbocycles. The molecular formula is C17H18F3N3O3S. The molecule has 1 atom stereocenters. The van der Waals surface area contributed by atoms with Crippen LogP contribution >= 0.6 is 0 Å². The lowest BCUT2D eigenvalue weighted by atomic mass is 9.98. The van der Waals surface area contributed by atoms with Crippen LogP contribution in [-0.2, 0) is 16.9 Å². The van der Waals surface area contributed by atoms with Crippen LogP contribution in [-0.4, -0.2) is 41.1 Å². The first-order chi connectivity index (χ1) is 12.6. The zero-order chi connectivity index (χ0) is 19.8. The van der Waals surface area contributed by atoms with E-state index in [9.17, 15) is 26.4 Å². The highest BCUT2D eigenvalue weighted by Gasteiger charge is 2.46. The van der Waals surface area contributed by atoms with Crippen molar-refractivity contribution in [2.45, 2.75) is 35.7 Å². The topological polar surface area (TPSA) is 72.3 Å². The molecule has 27 heavy (non-hydrogen) atoms. The van der Waals surface area contributed by atoms with Gasteiger partial charge in [0.1, 0.15) is 0 Å². The third kappa shape index (κ3) is 3.58. The Hall–Kier alpha value is -2.36. The molecule has 146 valence electrons. The van der Waals surface area contributed by atoms with Crippen LogP contribution in [0.5, 0.6) is 0 Å². The summed E-state index contributed by atoms with van der Waals surface area (Å²) >= 11 is 0. The average molecular weight is 401 g/mol. The van der Waals surface area contributed by atoms with E-state index in [4.69, 9.17) is 0 Å². The molecule has 1 fully saturated rings. The molecule has 0 N–H and O–H groups in total. The van der Waals surface area contributed by atoms with Crippen LogP contribution in [0, 0.1) is 0 Å². The highest BCUT2D eigenvalue weighted by atomic mass is 32.2. The van der Waals surface area contributed by atoms with Crippen molar-refractivity contribution in [2.24, 2.45) is 7.05 Å². The number of likely N-dealkylation sites (tertiary alicyclic amines) is 1. The second-order valence-corrected chi connectivity index (χ2v) is 8.30. The molecule has 2 heterocycles. The Morgan fingerprint density at radius 2 is 1.81 bits per heavy atom. The standard InChI is InChI=1S/C17H18F3N3O3S/c1-22-14(9-10-21-22)15-4-2-3-11-23(15)16(24)12-5-7-13(8-6-12)27(25,26)17(18,19)20/h5-10,15H,2-4,11H2,1H3. The summed E-state index contributed by atoms with van der Waals surface area (Å²) in [6, 6.07) is 5.52. The van der Waals surface area contributed by atoms with Crippen molar-refractivity contribution in [2.75, 3.05) is 6.54 Å². The van der Waals surface area contributed by atoms with Crippen molar-refractivity contribution in [3.8, 4) is 0 Å². The fourth-order valence-electron chi connectivity index (χ4n) is 3.27. The fourth-order valence-corrected chi connectivity index (χ4v) is 4.03. The van der Waals surface area contributed by atoms with Gasteiger partial charge in [-0.3, -0.25) is 9.48 Å². The zero-order valence-electron chi connectivity index (χ0n) is 14.5. The summed E-state index contributed by atoms with van der Waals surface area (Å²) in [6.07, 6.45) is 4.16. The van der Waals surface area contributed by atoms with Crippen molar-refractivity contribution in [1.82, 2.24) is 14.7 Å². The van der Waals surface area contributed by atoms with E-state index in [1.807, 2.05) is 6.07 Å². The maximum absolute atomic E-state index is 12.9. The van der Waals surface area contributed by atoms with E-state index in [1.165, 1.54) is 0 Å². The molecule has 0 saturated carbocycles. The van der Waals surface area contributed by atoms with E-state index in [0.717, 1.165) is 49.2 Å². The molecule has 10 heteroatoms. The minimum Gasteiger partial charge on any atom is -0.330 e. The molecule has 1 saturated heterocycles. The summed E-state index contributed by atoms with van der Waals surface area (Å²) < 4.78 is 62.5. The number of piperidine rings is 1. The first-order valence-electron chi connectivity index (χ1n) is 8.33. The number of hydrogen-bond donors (Lipinski definition) is 0. The predicted octanol–water partition coefficient (Wildman–Crippen LogP) is 3.08. The van der Waals surface area contributed by atoms with Crippen molar-refractivity contribution in [3.05, 3.63) is 47.8 Å². The number of carbonyl (C=O) groups is 1. The Morgan fingerprint density at radius 1 is 1.15 bits per heavy atom. The Labute approximate surface area is 154 Å². The van der Waals surface area contributed by atoms with Crippen LogP contribution in [0.15, 0.2) is 41.4 Å². The molecule has 0 bridgehead atoms. The largest absolute Gasteiger partial charge is 0.501 e. The Bertz CT molecular complexity index is 936. The highest BCUT2D eigenvalue weighted by molar-refractivity contribution is 7.92. The molecule has 1 unspecified atom stereocenters. The van der Waals surface area contributed by atoms with Crippen molar-refractivity contribution in [3.63, 3.8) is 0 Å². The summed E-state index contributed by atoms with van der Waals surface area (Å²) in [4.78, 5) is 13.7. The van der Waals surface area contributed by atoms with Crippen molar-refractivity contribution >= 4 is 15.7 Å². The third-order valence-corrected chi connectivity index (χ3v) is 6.18. The van der Waals surface area contributed by atoms with Gasteiger partial charge >= 0.3 is 5.51 Å². The molecule has 1 amide bonds. The smallest absolute Gasteiger partial charge is 0.330 e. The SMILES string of the molecule is Cn1nccc1C1CCCCN1C(=O)c1ccc(S(=O)(=O)C(F)(F)F)cc1. The van der Waals surface area contributed by atoms with Gasteiger partial charge < -0.3 is 4.90 Å². The number of aromatic nitrogens is 2. The summed E-state index contributed by atoms with van der Waals surface area (Å²) in [7, 11) is -3.65. The van der Waals surface area contributed by atoms with Gasteiger partial charge in [-0.2, -0.15) is 18.3 Å². The normalized spacial score (nSPS) is 18.5. The average Bonchev–Trinajstić information content (AvgIpc) is 3.06. The quantitative estimate of drug-likeness (QED) is 0.792. The number of alkyl halides is 3. The van der Waals surface area contributed by atoms with Gasteiger partial charge in [0, 0.05) is 25.4 Å². The number of rotatable bonds is 3. The molecule has 1 aromatic heterocycles. The van der Waals surface area contributed by atoms with Gasteiger partial charge in [0.25, 0.3) is 15.7 Å². The van der Waals surface area contributed by atoms with E-state index < -0.39 is 20.2 Å². The minimum absolute atomic E-state index is 0.144. The molecule has 2 aromatic rings. The summed E-state index contributed by atoms with van der Waals surface area (Å²) in [5.74, 6) is -0.350. The summed E-state index contributed by atoms with van der Waals surface area (Å²) in [5, 5.41) is 4.13. The van der Waals surface area contributed by atoms with Crippen LogP contribution in [0.2, 0.25) is 0 Å². The predicted molar refractivity (Wildman–Crippen MR) is 90.5 cm³/mol. The third-order valence-electron chi connectivity index (χ3n) is 4.68. The zero-order valence-corrected chi connectivity index (χ0v) is 15.3. The van der Waals surface area contributed by atoms with Crippen LogP contribution < -0.4 is 0 Å². The molecule has 1 aliphatic heterocycles. The number of hydrogen-bond acceptors (Lipinski definition) is 4. The van der Waals surface area contributed by atoms with Crippen LogP contribution in [0.1, 0.15) is 41.4 Å². The summed E-state index contributed by atoms with van der Waals surface area (Å²) in [5.41, 5.74) is -4.36. The molecular weight excluding hydrogens is 383 g/mol. The van der Waals surface area contributed by atoms with E-state index in [0.29, 0.717) is 6.54 Å².